The van der Waals surface area contributed by atoms with Crippen molar-refractivity contribution in [3.8, 4) is 11.5 Å². The van der Waals surface area contributed by atoms with E-state index in [1.54, 1.807) is 32.2 Å². The molecule has 2 aromatic heterocycles. The number of fused-ring (bicyclic) bond motifs is 1. The molecular weight excluding hydrogens is 358 g/mol. The van der Waals surface area contributed by atoms with Gasteiger partial charge in [-0.25, -0.2) is 4.98 Å². The molecule has 26 heavy (non-hydrogen) atoms. The summed E-state index contributed by atoms with van der Waals surface area (Å²) in [7, 11) is 3.08. The minimum absolute atomic E-state index is 0.0152. The number of carbonyl (C=O) groups is 1. The Hall–Kier alpha value is -2.94. The highest BCUT2D eigenvalue weighted by atomic mass is 32.1. The van der Waals surface area contributed by atoms with Crippen LogP contribution in [0.3, 0.4) is 0 Å². The quantitative estimate of drug-likeness (QED) is 0.606. The van der Waals surface area contributed by atoms with Crippen molar-refractivity contribution in [2.45, 2.75) is 20.0 Å². The van der Waals surface area contributed by atoms with E-state index >= 15 is 0 Å². The molecule has 0 bridgehead atoms. The maximum absolute atomic E-state index is 12.1. The van der Waals surface area contributed by atoms with Gasteiger partial charge in [0.2, 0.25) is 4.96 Å². The van der Waals surface area contributed by atoms with Crippen LogP contribution in [-0.2, 0) is 22.6 Å². The Morgan fingerprint density at radius 3 is 2.69 bits per heavy atom. The van der Waals surface area contributed by atoms with Crippen molar-refractivity contribution in [3.05, 3.63) is 50.9 Å². The van der Waals surface area contributed by atoms with E-state index in [2.05, 4.69) is 10.1 Å². The molecule has 0 amide bonds. The fraction of sp³-hybridized carbons (Fsp3) is 0.294. The first-order valence-corrected chi connectivity index (χ1v) is 8.54. The lowest BCUT2D eigenvalue weighted by Crippen LogP contribution is -2.14. The fourth-order valence-corrected chi connectivity index (χ4v) is 3.23. The van der Waals surface area contributed by atoms with Gasteiger partial charge in [0.05, 0.1) is 20.6 Å². The second kappa shape index (κ2) is 7.52. The lowest BCUT2D eigenvalue weighted by molar-refractivity contribution is -0.144. The third kappa shape index (κ3) is 3.83. The van der Waals surface area contributed by atoms with E-state index < -0.39 is 5.97 Å². The minimum Gasteiger partial charge on any atom is -0.493 e. The first-order valence-electron chi connectivity index (χ1n) is 7.73. The predicted molar refractivity (Wildman–Crippen MR) is 94.9 cm³/mol. The molecule has 0 radical (unpaired) electrons. The second-order valence-electron chi connectivity index (χ2n) is 5.45. The number of nitrogens with zero attached hydrogens (tertiary/aromatic N) is 3. The van der Waals surface area contributed by atoms with Gasteiger partial charge in [-0.3, -0.25) is 9.59 Å². The molecule has 9 heteroatoms. The summed E-state index contributed by atoms with van der Waals surface area (Å²) < 4.78 is 16.8. The number of aryl methyl sites for hydroxylation is 1. The molecule has 0 saturated carbocycles. The normalized spacial score (nSPS) is 10.7. The van der Waals surface area contributed by atoms with E-state index in [1.807, 2.05) is 0 Å². The van der Waals surface area contributed by atoms with Gasteiger partial charge in [0, 0.05) is 11.8 Å². The number of hydrogen-bond donors (Lipinski definition) is 0. The summed E-state index contributed by atoms with van der Waals surface area (Å²) in [6, 6.07) is 6.63. The van der Waals surface area contributed by atoms with Crippen molar-refractivity contribution in [2.24, 2.45) is 0 Å². The Kier molecular flexibility index (Phi) is 5.17. The van der Waals surface area contributed by atoms with Crippen LogP contribution < -0.4 is 15.0 Å². The van der Waals surface area contributed by atoms with Crippen molar-refractivity contribution in [1.29, 1.82) is 0 Å². The van der Waals surface area contributed by atoms with Gasteiger partial charge in [0.1, 0.15) is 6.61 Å². The highest BCUT2D eigenvalue weighted by molar-refractivity contribution is 7.16. The predicted octanol–water partition coefficient (Wildman–Crippen LogP) is 1.76. The van der Waals surface area contributed by atoms with E-state index in [0.717, 1.165) is 5.56 Å². The Morgan fingerprint density at radius 1 is 1.19 bits per heavy atom. The third-order valence-electron chi connectivity index (χ3n) is 3.57. The summed E-state index contributed by atoms with van der Waals surface area (Å²) in [5.74, 6) is 0.727. The molecule has 0 atom stereocenters. The number of esters is 1. The lowest BCUT2D eigenvalue weighted by atomic mass is 10.1. The Bertz CT molecular complexity index is 1010. The lowest BCUT2D eigenvalue weighted by Gasteiger charge is -2.09. The number of benzene rings is 1. The molecule has 0 aliphatic carbocycles. The first kappa shape index (κ1) is 17.9. The van der Waals surface area contributed by atoms with Gasteiger partial charge < -0.3 is 14.2 Å². The highest BCUT2D eigenvalue weighted by Gasteiger charge is 2.12. The summed E-state index contributed by atoms with van der Waals surface area (Å²) in [6.45, 7) is 1.72. The summed E-state index contributed by atoms with van der Waals surface area (Å²) in [5, 5.41) is 4.63. The molecular formula is C17H17N3O5S. The van der Waals surface area contributed by atoms with Crippen LogP contribution in [0.25, 0.3) is 4.96 Å². The maximum atomic E-state index is 12.1. The monoisotopic (exact) mass is 375 g/mol. The summed E-state index contributed by atoms with van der Waals surface area (Å²) >= 11 is 1.21. The van der Waals surface area contributed by atoms with Gasteiger partial charge in [-0.2, -0.15) is 9.61 Å². The fourth-order valence-electron chi connectivity index (χ4n) is 2.37. The molecule has 0 aliphatic heterocycles. The number of methoxy groups -OCH3 is 2. The Morgan fingerprint density at radius 2 is 1.96 bits per heavy atom. The SMILES string of the molecule is COc1ccc(CC(=O)OCc2nn3c(=O)cc(C)nc3s2)cc1OC. The molecule has 1 aromatic carbocycles. The van der Waals surface area contributed by atoms with Crippen molar-refractivity contribution in [3.63, 3.8) is 0 Å². The van der Waals surface area contributed by atoms with Crippen molar-refractivity contribution >= 4 is 22.3 Å². The molecule has 0 unspecified atom stereocenters. The Labute approximate surface area is 153 Å². The van der Waals surface area contributed by atoms with Gasteiger partial charge >= 0.3 is 5.97 Å². The highest BCUT2D eigenvalue weighted by Crippen LogP contribution is 2.27. The van der Waals surface area contributed by atoms with Gasteiger partial charge in [0.15, 0.2) is 16.5 Å². The van der Waals surface area contributed by atoms with Crippen LogP contribution in [-0.4, -0.2) is 34.8 Å². The topological polar surface area (TPSA) is 92.0 Å². The van der Waals surface area contributed by atoms with E-state index in [4.69, 9.17) is 14.2 Å². The van der Waals surface area contributed by atoms with Gasteiger partial charge in [-0.05, 0) is 24.6 Å². The molecule has 3 rings (SSSR count). The van der Waals surface area contributed by atoms with Crippen LogP contribution in [0, 0.1) is 6.92 Å². The molecule has 0 saturated heterocycles. The molecule has 8 nitrogen and oxygen atoms in total. The van der Waals surface area contributed by atoms with Crippen LogP contribution in [0.5, 0.6) is 11.5 Å². The van der Waals surface area contributed by atoms with E-state index in [-0.39, 0.29) is 18.6 Å². The van der Waals surface area contributed by atoms with Crippen molar-refractivity contribution < 1.29 is 19.0 Å². The molecule has 0 spiro atoms. The smallest absolute Gasteiger partial charge is 0.310 e. The molecule has 136 valence electrons. The zero-order valence-corrected chi connectivity index (χ0v) is 15.3. The largest absolute Gasteiger partial charge is 0.493 e. The van der Waals surface area contributed by atoms with E-state index in [0.29, 0.717) is 27.2 Å². The summed E-state index contributed by atoms with van der Waals surface area (Å²) in [4.78, 5) is 28.6. The average Bonchev–Trinajstić information content (AvgIpc) is 3.03. The molecule has 0 N–H and O–H groups in total. The summed E-state index contributed by atoms with van der Waals surface area (Å²) in [6.07, 6.45) is 0.0859. The third-order valence-corrected chi connectivity index (χ3v) is 4.45. The van der Waals surface area contributed by atoms with Gasteiger partial charge in [-0.1, -0.05) is 17.4 Å². The summed E-state index contributed by atoms with van der Waals surface area (Å²) in [5.41, 5.74) is 1.10. The molecule has 2 heterocycles. The van der Waals surface area contributed by atoms with Crippen molar-refractivity contribution in [2.75, 3.05) is 14.2 Å². The van der Waals surface area contributed by atoms with Crippen molar-refractivity contribution in [1.82, 2.24) is 14.6 Å². The standard InChI is InChI=1S/C17H17N3O5S/c1-10-6-15(21)20-17(18-10)26-14(19-20)9-25-16(22)8-11-4-5-12(23-2)13(7-11)24-3/h4-7H,8-9H2,1-3H3. The second-order valence-corrected chi connectivity index (χ2v) is 6.49. The number of aromatic nitrogens is 3. The number of ether oxygens (including phenoxy) is 3. The van der Waals surface area contributed by atoms with Crippen LogP contribution in [0.4, 0.5) is 0 Å². The molecule has 0 aliphatic rings. The maximum Gasteiger partial charge on any atom is 0.310 e. The minimum atomic E-state index is -0.409. The molecule has 3 aromatic rings. The van der Waals surface area contributed by atoms with E-state index in [9.17, 15) is 9.59 Å². The van der Waals surface area contributed by atoms with E-state index in [1.165, 1.54) is 29.0 Å². The number of rotatable bonds is 6. The van der Waals surface area contributed by atoms with Crippen LogP contribution in [0.1, 0.15) is 16.3 Å². The zero-order valence-electron chi connectivity index (χ0n) is 14.5. The number of carbonyl (C=O) groups excluding carboxylic acids is 1. The number of hydrogen-bond acceptors (Lipinski definition) is 8. The zero-order chi connectivity index (χ0) is 18.7. The Balaban J connectivity index is 1.66. The first-order chi connectivity index (χ1) is 12.5. The van der Waals surface area contributed by atoms with Crippen LogP contribution in [0.15, 0.2) is 29.1 Å². The molecule has 0 fully saturated rings. The average molecular weight is 375 g/mol. The van der Waals surface area contributed by atoms with Gasteiger partial charge in [0.25, 0.3) is 5.56 Å². The van der Waals surface area contributed by atoms with Crippen LogP contribution >= 0.6 is 11.3 Å². The van der Waals surface area contributed by atoms with Crippen LogP contribution in [0.2, 0.25) is 0 Å². The van der Waals surface area contributed by atoms with Gasteiger partial charge in [-0.15, -0.1) is 0 Å².